The van der Waals surface area contributed by atoms with Crippen LogP contribution in [0.25, 0.3) is 0 Å². The van der Waals surface area contributed by atoms with E-state index in [-0.39, 0.29) is 0 Å². The summed E-state index contributed by atoms with van der Waals surface area (Å²) in [6, 6.07) is 0. The Morgan fingerprint density at radius 1 is 1.78 bits per heavy atom. The highest BCUT2D eigenvalue weighted by Gasteiger charge is 2.20. The van der Waals surface area contributed by atoms with Gasteiger partial charge < -0.3 is 5.11 Å². The van der Waals surface area contributed by atoms with Gasteiger partial charge in [-0.2, -0.15) is 0 Å². The van der Waals surface area contributed by atoms with Crippen LogP contribution in [0.5, 0.6) is 0 Å². The summed E-state index contributed by atoms with van der Waals surface area (Å²) in [5.41, 5.74) is 0. The van der Waals surface area contributed by atoms with Gasteiger partial charge in [-0.1, -0.05) is 0 Å². The summed E-state index contributed by atoms with van der Waals surface area (Å²) in [6.45, 7) is 1.96. The number of carboxylic acids is 1. The van der Waals surface area contributed by atoms with E-state index in [9.17, 15) is 9.36 Å². The Morgan fingerprint density at radius 3 is 2.67 bits per heavy atom. The van der Waals surface area contributed by atoms with E-state index in [1.165, 1.54) is 0 Å². The minimum absolute atomic E-state index is 0.294. The molecule has 1 atom stereocenters. The molecule has 5 heteroatoms. The van der Waals surface area contributed by atoms with Crippen molar-refractivity contribution in [1.82, 2.24) is 0 Å². The van der Waals surface area contributed by atoms with E-state index >= 15 is 0 Å². The van der Waals surface area contributed by atoms with Crippen molar-refractivity contribution < 1.29 is 19.0 Å². The van der Waals surface area contributed by atoms with Crippen LogP contribution in [0, 0.1) is 0 Å². The molecule has 0 aliphatic carbocycles. The van der Waals surface area contributed by atoms with Gasteiger partial charge in [-0.05, 0) is 11.5 Å². The average molecular weight is 151 g/mol. The lowest BCUT2D eigenvalue weighted by atomic mass is 10.8. The van der Waals surface area contributed by atoms with Crippen LogP contribution >= 0.6 is 8.03 Å². The van der Waals surface area contributed by atoms with E-state index in [4.69, 9.17) is 5.11 Å². The van der Waals surface area contributed by atoms with Crippen LogP contribution < -0.4 is 0 Å². The fourth-order valence-corrected chi connectivity index (χ4v) is 0.900. The third-order valence-corrected chi connectivity index (χ3v) is 1.61. The molecule has 1 unspecified atom stereocenters. The molecular formula is C4H8O4P+. The Labute approximate surface area is 53.7 Å². The summed E-state index contributed by atoms with van der Waals surface area (Å²) in [5, 5.41) is 8.05. The molecule has 9 heavy (non-hydrogen) atoms. The van der Waals surface area contributed by atoms with Gasteiger partial charge in [-0.25, -0.2) is 4.79 Å². The molecule has 0 aliphatic heterocycles. The van der Waals surface area contributed by atoms with Crippen LogP contribution in [0.3, 0.4) is 0 Å². The zero-order chi connectivity index (χ0) is 7.28. The molecule has 0 spiro atoms. The molecule has 0 amide bonds. The van der Waals surface area contributed by atoms with E-state index in [2.05, 4.69) is 4.52 Å². The maximum Gasteiger partial charge on any atom is 0.520 e. The number of rotatable bonds is 4. The lowest BCUT2D eigenvalue weighted by molar-refractivity contribution is -0.134. The van der Waals surface area contributed by atoms with Crippen molar-refractivity contribution in [1.29, 1.82) is 0 Å². The van der Waals surface area contributed by atoms with Crippen molar-refractivity contribution in [2.45, 2.75) is 6.92 Å². The van der Waals surface area contributed by atoms with Crippen LogP contribution in [0.4, 0.5) is 0 Å². The number of hydrogen-bond donors (Lipinski definition) is 1. The maximum atomic E-state index is 10.4. The minimum Gasteiger partial charge on any atom is -0.478 e. The highest BCUT2D eigenvalue weighted by atomic mass is 31.1. The predicted octanol–water partition coefficient (Wildman–Crippen LogP) is 0.850. The Morgan fingerprint density at radius 2 is 2.33 bits per heavy atom. The molecule has 0 saturated carbocycles. The Balaban J connectivity index is 3.39. The molecule has 0 heterocycles. The van der Waals surface area contributed by atoms with Gasteiger partial charge in [0, 0.05) is 0 Å². The lowest BCUT2D eigenvalue weighted by Gasteiger charge is -1.79. The fourth-order valence-electron chi connectivity index (χ4n) is 0.300. The summed E-state index contributed by atoms with van der Waals surface area (Å²) in [6.07, 6.45) is -0.400. The number of hydrogen-bond acceptors (Lipinski definition) is 3. The van der Waals surface area contributed by atoms with Gasteiger partial charge in [0.1, 0.15) is 0 Å². The molecule has 4 nitrogen and oxygen atoms in total. The summed E-state index contributed by atoms with van der Waals surface area (Å²) >= 11 is 0. The highest BCUT2D eigenvalue weighted by molar-refractivity contribution is 7.40. The topological polar surface area (TPSA) is 63.6 Å². The molecule has 0 aromatic rings. The molecule has 0 rings (SSSR count). The Kier molecular flexibility index (Phi) is 4.18. The van der Waals surface area contributed by atoms with Gasteiger partial charge in [0.15, 0.2) is 0 Å². The van der Waals surface area contributed by atoms with Crippen LogP contribution in [0.1, 0.15) is 6.92 Å². The van der Waals surface area contributed by atoms with Crippen molar-refractivity contribution >= 4 is 14.0 Å². The first-order valence-electron chi connectivity index (χ1n) is 2.46. The molecule has 0 aliphatic rings. The first kappa shape index (κ1) is 8.53. The van der Waals surface area contributed by atoms with E-state index in [0.717, 1.165) is 0 Å². The highest BCUT2D eigenvalue weighted by Crippen LogP contribution is 2.20. The zero-order valence-electron chi connectivity index (χ0n) is 5.03. The van der Waals surface area contributed by atoms with Crippen molar-refractivity contribution in [3.63, 3.8) is 0 Å². The van der Waals surface area contributed by atoms with Crippen LogP contribution in [-0.2, 0) is 13.9 Å². The molecule has 0 aromatic heterocycles. The number of carbonyl (C=O) groups is 1. The predicted molar refractivity (Wildman–Crippen MR) is 31.7 cm³/mol. The van der Waals surface area contributed by atoms with E-state index in [1.807, 2.05) is 0 Å². The van der Waals surface area contributed by atoms with Crippen LogP contribution in [0.15, 0.2) is 0 Å². The third-order valence-electron chi connectivity index (χ3n) is 0.537. The van der Waals surface area contributed by atoms with Crippen molar-refractivity contribution in [2.24, 2.45) is 0 Å². The number of carboxylic acid groups (broad SMARTS) is 1. The molecule has 0 radical (unpaired) electrons. The van der Waals surface area contributed by atoms with E-state index in [0.29, 0.717) is 6.61 Å². The summed E-state index contributed by atoms with van der Waals surface area (Å²) < 4.78 is 14.9. The molecule has 52 valence electrons. The van der Waals surface area contributed by atoms with E-state index in [1.54, 1.807) is 6.92 Å². The first-order valence-corrected chi connectivity index (χ1v) is 3.82. The Bertz CT molecular complexity index is 122. The second-order valence-corrected chi connectivity index (χ2v) is 2.54. The standard InChI is InChI=1S/C4H7O4P/c1-2-8-9(7)3-4(5)6/h2-3H2,1H3/p+1. The zero-order valence-corrected chi connectivity index (χ0v) is 5.93. The fraction of sp³-hybridized carbons (Fsp3) is 0.750. The maximum absolute atomic E-state index is 10.4. The summed E-state index contributed by atoms with van der Waals surface area (Å²) in [4.78, 5) is 9.82. The van der Waals surface area contributed by atoms with Gasteiger partial charge in [0.05, 0.1) is 6.61 Å². The molecule has 1 N–H and O–H groups in total. The van der Waals surface area contributed by atoms with Crippen LogP contribution in [-0.4, -0.2) is 23.8 Å². The molecular weight excluding hydrogens is 143 g/mol. The third kappa shape index (κ3) is 5.40. The second-order valence-electron chi connectivity index (χ2n) is 1.30. The van der Waals surface area contributed by atoms with Crippen molar-refractivity contribution in [3.8, 4) is 0 Å². The summed E-state index contributed by atoms with van der Waals surface area (Å²) in [5.74, 6) is -1.09. The SMILES string of the molecule is CCO[P+](=O)CC(=O)O. The quantitative estimate of drug-likeness (QED) is 0.605. The average Bonchev–Trinajstić information content (AvgIpc) is 1.63. The monoisotopic (exact) mass is 151 g/mol. The van der Waals surface area contributed by atoms with Gasteiger partial charge in [0.25, 0.3) is 6.16 Å². The second kappa shape index (κ2) is 4.41. The van der Waals surface area contributed by atoms with Crippen molar-refractivity contribution in [3.05, 3.63) is 0 Å². The number of aliphatic carboxylic acids is 1. The Hall–Kier alpha value is -0.470. The van der Waals surface area contributed by atoms with Crippen LogP contribution in [0.2, 0.25) is 0 Å². The van der Waals surface area contributed by atoms with Gasteiger partial charge in [-0.3, -0.25) is 0 Å². The van der Waals surface area contributed by atoms with Gasteiger partial charge in [-0.15, -0.1) is 4.52 Å². The van der Waals surface area contributed by atoms with Gasteiger partial charge in [0.2, 0.25) is 0 Å². The van der Waals surface area contributed by atoms with Crippen molar-refractivity contribution in [2.75, 3.05) is 12.8 Å². The van der Waals surface area contributed by atoms with Gasteiger partial charge >= 0.3 is 14.0 Å². The first-order chi connectivity index (χ1) is 4.16. The molecule has 0 aromatic carbocycles. The van der Waals surface area contributed by atoms with E-state index < -0.39 is 20.2 Å². The normalized spacial score (nSPS) is 11.0. The molecule has 0 fully saturated rings. The summed E-state index contributed by atoms with van der Waals surface area (Å²) in [7, 11) is -1.97. The minimum atomic E-state index is -1.97. The smallest absolute Gasteiger partial charge is 0.478 e. The lowest BCUT2D eigenvalue weighted by Crippen LogP contribution is -1.98. The largest absolute Gasteiger partial charge is 0.520 e. The molecule has 0 bridgehead atoms. The molecule has 0 saturated heterocycles.